The molecule has 2 rings (SSSR count). The lowest BCUT2D eigenvalue weighted by Gasteiger charge is -2.48. The van der Waals surface area contributed by atoms with Gasteiger partial charge in [-0.05, 0) is 52.4 Å². The first-order valence-electron chi connectivity index (χ1n) is 9.30. The van der Waals surface area contributed by atoms with E-state index in [0.717, 1.165) is 37.7 Å². The molecule has 2 aliphatic rings. The van der Waals surface area contributed by atoms with Crippen molar-refractivity contribution in [2.75, 3.05) is 13.2 Å². The Hall–Kier alpha value is -0.460. The Balaban J connectivity index is 2.13. The summed E-state index contributed by atoms with van der Waals surface area (Å²) in [5, 5.41) is 20.3. The van der Waals surface area contributed by atoms with Crippen molar-refractivity contribution in [2.24, 2.45) is 17.8 Å². The molecule has 6 unspecified atom stereocenters. The fourth-order valence-electron chi connectivity index (χ4n) is 4.31. The van der Waals surface area contributed by atoms with E-state index in [4.69, 9.17) is 14.4 Å². The molecular formula is C19H34O5. The van der Waals surface area contributed by atoms with Gasteiger partial charge in [-0.15, -0.1) is 0 Å². The van der Waals surface area contributed by atoms with Crippen LogP contribution in [0.5, 0.6) is 0 Å². The number of hydrogen-bond donors (Lipinski definition) is 2. The van der Waals surface area contributed by atoms with Gasteiger partial charge in [0.25, 0.3) is 0 Å². The van der Waals surface area contributed by atoms with Gasteiger partial charge in [0.1, 0.15) is 5.60 Å². The van der Waals surface area contributed by atoms with Crippen LogP contribution in [0.25, 0.3) is 0 Å². The smallest absolute Gasteiger partial charge is 0.157 e. The Kier molecular flexibility index (Phi) is 7.25. The number of rotatable bonds is 6. The van der Waals surface area contributed by atoms with Crippen molar-refractivity contribution in [1.82, 2.24) is 0 Å². The third kappa shape index (κ3) is 4.20. The lowest BCUT2D eigenvalue weighted by Crippen LogP contribution is -2.56. The average Bonchev–Trinajstić information content (AvgIpc) is 2.78. The molecule has 0 radical (unpaired) electrons. The van der Waals surface area contributed by atoms with Crippen molar-refractivity contribution >= 4 is 0 Å². The van der Waals surface area contributed by atoms with Gasteiger partial charge in [0.05, 0.1) is 19.3 Å². The highest BCUT2D eigenvalue weighted by molar-refractivity contribution is 5.01. The van der Waals surface area contributed by atoms with Gasteiger partial charge in [-0.1, -0.05) is 25.0 Å². The van der Waals surface area contributed by atoms with Crippen LogP contribution < -0.4 is 0 Å². The van der Waals surface area contributed by atoms with Crippen molar-refractivity contribution in [1.29, 1.82) is 0 Å². The van der Waals surface area contributed by atoms with E-state index in [-0.39, 0.29) is 23.9 Å². The normalized spacial score (nSPS) is 37.4. The topological polar surface area (TPSA) is 68.2 Å². The first kappa shape index (κ1) is 19.9. The summed E-state index contributed by atoms with van der Waals surface area (Å²) in [7, 11) is 0. The van der Waals surface area contributed by atoms with Gasteiger partial charge in [0.2, 0.25) is 0 Å². The molecule has 1 saturated heterocycles. The molecule has 0 aromatic rings. The third-order valence-corrected chi connectivity index (χ3v) is 6.13. The van der Waals surface area contributed by atoms with Crippen LogP contribution >= 0.6 is 0 Å². The summed E-state index contributed by atoms with van der Waals surface area (Å²) in [5.74, 6) is 0.132. The number of hydrogen-bond acceptors (Lipinski definition) is 5. The molecule has 5 heteroatoms. The third-order valence-electron chi connectivity index (χ3n) is 6.13. The molecule has 24 heavy (non-hydrogen) atoms. The van der Waals surface area contributed by atoms with Crippen molar-refractivity contribution in [2.45, 2.75) is 77.8 Å². The number of allylic oxidation sites excluding steroid dienone is 1. The molecule has 6 atom stereocenters. The van der Waals surface area contributed by atoms with Crippen LogP contribution in [-0.2, 0) is 14.4 Å². The van der Waals surface area contributed by atoms with Crippen molar-refractivity contribution < 1.29 is 24.7 Å². The van der Waals surface area contributed by atoms with E-state index in [1.807, 2.05) is 26.8 Å². The summed E-state index contributed by atoms with van der Waals surface area (Å²) in [4.78, 5) is 5.14. The maximum Gasteiger partial charge on any atom is 0.157 e. The van der Waals surface area contributed by atoms with Crippen LogP contribution in [0.2, 0.25) is 0 Å². The SMILES string of the molecule is CC=C(C)COC(O)C(C)C1CCCC2CCC(C)OCC21OO. The summed E-state index contributed by atoms with van der Waals surface area (Å²) < 4.78 is 11.6. The summed E-state index contributed by atoms with van der Waals surface area (Å²) >= 11 is 0. The van der Waals surface area contributed by atoms with Crippen LogP contribution in [0.15, 0.2) is 11.6 Å². The van der Waals surface area contributed by atoms with E-state index in [2.05, 4.69) is 6.92 Å². The predicted molar refractivity (Wildman–Crippen MR) is 92.5 cm³/mol. The molecule has 0 aromatic heterocycles. The second-order valence-electron chi connectivity index (χ2n) is 7.68. The van der Waals surface area contributed by atoms with Gasteiger partial charge in [0.15, 0.2) is 6.29 Å². The summed E-state index contributed by atoms with van der Waals surface area (Å²) in [6, 6.07) is 0. The number of fused-ring (bicyclic) bond motifs is 1. The average molecular weight is 342 g/mol. The number of aliphatic hydroxyl groups excluding tert-OH is 1. The van der Waals surface area contributed by atoms with E-state index in [9.17, 15) is 10.4 Å². The van der Waals surface area contributed by atoms with Gasteiger partial charge >= 0.3 is 0 Å². The van der Waals surface area contributed by atoms with E-state index in [1.54, 1.807) is 0 Å². The van der Waals surface area contributed by atoms with E-state index >= 15 is 0 Å². The van der Waals surface area contributed by atoms with Crippen LogP contribution in [-0.4, -0.2) is 41.6 Å². The Labute approximate surface area is 145 Å². The molecule has 1 aliphatic carbocycles. The fourth-order valence-corrected chi connectivity index (χ4v) is 4.31. The first-order valence-corrected chi connectivity index (χ1v) is 9.30. The van der Waals surface area contributed by atoms with Crippen LogP contribution in [0.3, 0.4) is 0 Å². The van der Waals surface area contributed by atoms with E-state index < -0.39 is 11.9 Å². The van der Waals surface area contributed by atoms with E-state index in [1.165, 1.54) is 0 Å². The van der Waals surface area contributed by atoms with Crippen LogP contribution in [0.4, 0.5) is 0 Å². The van der Waals surface area contributed by atoms with Gasteiger partial charge in [0, 0.05) is 11.8 Å². The Morgan fingerprint density at radius 3 is 2.75 bits per heavy atom. The molecular weight excluding hydrogens is 308 g/mol. The summed E-state index contributed by atoms with van der Waals surface area (Å²) in [6.07, 6.45) is 6.27. The zero-order chi connectivity index (χ0) is 17.7. The second-order valence-corrected chi connectivity index (χ2v) is 7.68. The van der Waals surface area contributed by atoms with Gasteiger partial charge < -0.3 is 14.6 Å². The highest BCUT2D eigenvalue weighted by Crippen LogP contribution is 2.48. The molecule has 0 spiro atoms. The maximum absolute atomic E-state index is 10.5. The van der Waals surface area contributed by atoms with Gasteiger partial charge in [-0.25, -0.2) is 4.89 Å². The quantitative estimate of drug-likeness (QED) is 0.333. The molecule has 2 fully saturated rings. The Bertz CT molecular complexity index is 424. The zero-order valence-electron chi connectivity index (χ0n) is 15.5. The molecule has 0 aromatic carbocycles. The first-order chi connectivity index (χ1) is 11.4. The minimum absolute atomic E-state index is 0.00691. The minimum Gasteiger partial charge on any atom is -0.375 e. The van der Waals surface area contributed by atoms with E-state index in [0.29, 0.717) is 13.2 Å². The molecule has 0 bridgehead atoms. The minimum atomic E-state index is -0.878. The summed E-state index contributed by atoms with van der Waals surface area (Å²) in [6.45, 7) is 8.78. The number of ether oxygens (including phenoxy) is 2. The Morgan fingerprint density at radius 2 is 2.08 bits per heavy atom. The van der Waals surface area contributed by atoms with Crippen molar-refractivity contribution in [3.8, 4) is 0 Å². The zero-order valence-corrected chi connectivity index (χ0v) is 15.5. The van der Waals surface area contributed by atoms with Crippen LogP contribution in [0.1, 0.15) is 59.8 Å². The van der Waals surface area contributed by atoms with Crippen LogP contribution in [0, 0.1) is 17.8 Å². The highest BCUT2D eigenvalue weighted by Gasteiger charge is 2.53. The van der Waals surface area contributed by atoms with Crippen molar-refractivity contribution in [3.05, 3.63) is 11.6 Å². The molecule has 2 N–H and O–H groups in total. The number of aliphatic hydroxyl groups is 1. The highest BCUT2D eigenvalue weighted by atomic mass is 17.1. The molecule has 140 valence electrons. The molecule has 1 aliphatic heterocycles. The van der Waals surface area contributed by atoms with Crippen molar-refractivity contribution in [3.63, 3.8) is 0 Å². The molecule has 5 nitrogen and oxygen atoms in total. The Morgan fingerprint density at radius 1 is 1.33 bits per heavy atom. The monoisotopic (exact) mass is 342 g/mol. The predicted octanol–water partition coefficient (Wildman–Crippen LogP) is 3.77. The molecule has 1 saturated carbocycles. The summed E-state index contributed by atoms with van der Waals surface area (Å²) in [5.41, 5.74) is 0.352. The van der Waals surface area contributed by atoms with Gasteiger partial charge in [-0.3, -0.25) is 5.26 Å². The van der Waals surface area contributed by atoms with Gasteiger partial charge in [-0.2, -0.15) is 0 Å². The molecule has 1 heterocycles. The molecule has 0 amide bonds. The lowest BCUT2D eigenvalue weighted by molar-refractivity contribution is -0.375. The fraction of sp³-hybridized carbons (Fsp3) is 0.895. The maximum atomic E-state index is 10.5. The standard InChI is InChI=1S/C19H34O5/c1-5-13(2)11-22-18(20)15(4)17-8-6-7-16-10-9-14(3)23-12-19(16,17)24-21/h5,14-18,20-21H,6-12H2,1-4H3. The largest absolute Gasteiger partial charge is 0.375 e. The second kappa shape index (κ2) is 8.77. The lowest BCUT2D eigenvalue weighted by atomic mass is 9.63.